The van der Waals surface area contributed by atoms with Crippen LogP contribution in [0.4, 0.5) is 5.69 Å². The van der Waals surface area contributed by atoms with Crippen molar-refractivity contribution in [2.45, 2.75) is 13.8 Å². The van der Waals surface area contributed by atoms with E-state index >= 15 is 0 Å². The van der Waals surface area contributed by atoms with Crippen LogP contribution in [0.1, 0.15) is 19.4 Å². The van der Waals surface area contributed by atoms with Gasteiger partial charge in [-0.25, -0.2) is 0 Å². The zero-order valence-electron chi connectivity index (χ0n) is 11.2. The van der Waals surface area contributed by atoms with Crippen LogP contribution in [-0.2, 0) is 9.59 Å². The summed E-state index contributed by atoms with van der Waals surface area (Å²) in [4.78, 5) is 25.5. The van der Waals surface area contributed by atoms with Gasteiger partial charge in [0.25, 0.3) is 5.91 Å². The molecule has 1 N–H and O–H groups in total. The first-order valence-electron chi connectivity index (χ1n) is 6.15. The zero-order valence-corrected chi connectivity index (χ0v) is 12.8. The maximum Gasteiger partial charge on any atom is 0.266 e. The molecule has 6 heteroatoms. The molecule has 0 radical (unpaired) electrons. The number of nitrogens with one attached hydrogen (secondary N) is 1. The van der Waals surface area contributed by atoms with Crippen molar-refractivity contribution in [3.8, 4) is 0 Å². The summed E-state index contributed by atoms with van der Waals surface area (Å²) in [6, 6.07) is 7.34. The highest BCUT2D eigenvalue weighted by molar-refractivity contribution is 8.26. The second kappa shape index (κ2) is 6.19. The Bertz CT molecular complexity index is 611. The van der Waals surface area contributed by atoms with Crippen molar-refractivity contribution >= 4 is 51.9 Å². The lowest BCUT2D eigenvalue weighted by atomic mass is 10.1. The highest BCUT2D eigenvalue weighted by Crippen LogP contribution is 2.33. The van der Waals surface area contributed by atoms with Gasteiger partial charge in [-0.05, 0) is 24.6 Å². The highest BCUT2D eigenvalue weighted by Gasteiger charge is 2.30. The van der Waals surface area contributed by atoms with Gasteiger partial charge in [0.05, 0.1) is 4.91 Å². The Labute approximate surface area is 127 Å². The summed E-state index contributed by atoms with van der Waals surface area (Å²) in [5.74, 6) is -0.230. The minimum atomic E-state index is -0.146. The lowest BCUT2D eigenvalue weighted by Crippen LogP contribution is -2.27. The number of thiocarbonyl (C=S) groups is 1. The average molecular weight is 306 g/mol. The number of hydrogen-bond acceptors (Lipinski definition) is 4. The fraction of sp³-hybridized carbons (Fsp3) is 0.214. The molecule has 0 bridgehead atoms. The molecule has 0 aliphatic carbocycles. The van der Waals surface area contributed by atoms with Gasteiger partial charge < -0.3 is 5.32 Å². The molecule has 20 heavy (non-hydrogen) atoms. The van der Waals surface area contributed by atoms with Crippen LogP contribution in [0.3, 0.4) is 0 Å². The number of nitrogens with zero attached hydrogens (tertiary/aromatic N) is 1. The Balaban J connectivity index is 2.34. The first-order chi connectivity index (χ1) is 9.52. The Hall–Kier alpha value is -1.66. The third-order valence-corrected chi connectivity index (χ3v) is 4.13. The van der Waals surface area contributed by atoms with Gasteiger partial charge in [-0.1, -0.05) is 42.2 Å². The van der Waals surface area contributed by atoms with Gasteiger partial charge in [0.1, 0.15) is 4.32 Å². The maximum absolute atomic E-state index is 12.1. The molecule has 0 atom stereocenters. The van der Waals surface area contributed by atoms with Gasteiger partial charge in [0, 0.05) is 19.2 Å². The van der Waals surface area contributed by atoms with Gasteiger partial charge in [-0.3, -0.25) is 14.5 Å². The third-order valence-electron chi connectivity index (χ3n) is 2.75. The number of carbonyl (C=O) groups is 2. The Kier molecular flexibility index (Phi) is 4.57. The summed E-state index contributed by atoms with van der Waals surface area (Å²) >= 11 is 6.46. The minimum Gasteiger partial charge on any atom is -0.326 e. The fourth-order valence-electron chi connectivity index (χ4n) is 1.84. The number of anilines is 1. The molecule has 1 aromatic carbocycles. The molecule has 0 spiro atoms. The molecule has 0 aromatic heterocycles. The second-order valence-electron chi connectivity index (χ2n) is 4.19. The number of hydrogen-bond donors (Lipinski definition) is 1. The van der Waals surface area contributed by atoms with E-state index in [2.05, 4.69) is 5.32 Å². The first kappa shape index (κ1) is 14.7. The Morgan fingerprint density at radius 2 is 2.15 bits per heavy atom. The van der Waals surface area contributed by atoms with Crippen LogP contribution in [0.15, 0.2) is 29.2 Å². The topological polar surface area (TPSA) is 49.4 Å². The lowest BCUT2D eigenvalue weighted by molar-refractivity contribution is -0.122. The van der Waals surface area contributed by atoms with Crippen LogP contribution in [0.5, 0.6) is 0 Å². The van der Waals surface area contributed by atoms with Gasteiger partial charge >= 0.3 is 0 Å². The molecule has 4 nitrogen and oxygen atoms in total. The Morgan fingerprint density at radius 3 is 2.75 bits per heavy atom. The summed E-state index contributed by atoms with van der Waals surface area (Å²) in [6.07, 6.45) is 1.76. The molecule has 1 fully saturated rings. The first-order valence-corrected chi connectivity index (χ1v) is 7.37. The molecule has 0 saturated carbocycles. The summed E-state index contributed by atoms with van der Waals surface area (Å²) in [5.41, 5.74) is 1.47. The third kappa shape index (κ3) is 3.08. The van der Waals surface area contributed by atoms with Gasteiger partial charge in [-0.15, -0.1) is 0 Å². The molecular weight excluding hydrogens is 292 g/mol. The van der Waals surface area contributed by atoms with Gasteiger partial charge in [0.15, 0.2) is 0 Å². The number of likely N-dealkylation sites (N-methyl/N-ethyl adjacent to an activating group) is 1. The van der Waals surface area contributed by atoms with E-state index in [9.17, 15) is 9.59 Å². The molecular formula is C14H14N2O2S2. The number of amides is 2. The van der Waals surface area contributed by atoms with Crippen LogP contribution in [-0.4, -0.2) is 27.6 Å². The standard InChI is InChI=1S/C14H14N2O2S2/c1-3-16-13(18)12(20-14(16)19)8-10-6-4-5-7-11(10)15-9(2)17/h4-8H,3H2,1-2H3,(H,15,17)/b12-8+. The normalized spacial score (nSPS) is 16.9. The molecule has 1 aliphatic heterocycles. The summed E-state index contributed by atoms with van der Waals surface area (Å²) in [7, 11) is 0. The number of para-hydroxylation sites is 1. The molecule has 1 heterocycles. The highest BCUT2D eigenvalue weighted by atomic mass is 32.2. The van der Waals surface area contributed by atoms with E-state index in [1.165, 1.54) is 18.7 Å². The predicted molar refractivity (Wildman–Crippen MR) is 86.3 cm³/mol. The van der Waals surface area contributed by atoms with E-state index in [1.807, 2.05) is 25.1 Å². The average Bonchev–Trinajstić information content (AvgIpc) is 2.66. The molecule has 2 rings (SSSR count). The second-order valence-corrected chi connectivity index (χ2v) is 5.87. The molecule has 2 amide bonds. The van der Waals surface area contributed by atoms with Crippen LogP contribution in [0.2, 0.25) is 0 Å². The number of benzene rings is 1. The number of carbonyl (C=O) groups excluding carboxylic acids is 2. The van der Waals surface area contributed by atoms with E-state index in [0.29, 0.717) is 21.5 Å². The van der Waals surface area contributed by atoms with E-state index in [-0.39, 0.29) is 11.8 Å². The van der Waals surface area contributed by atoms with Crippen molar-refractivity contribution in [3.63, 3.8) is 0 Å². The van der Waals surface area contributed by atoms with E-state index in [4.69, 9.17) is 12.2 Å². The van der Waals surface area contributed by atoms with Crippen LogP contribution in [0, 0.1) is 0 Å². The Morgan fingerprint density at radius 1 is 1.45 bits per heavy atom. The SMILES string of the molecule is CCN1C(=O)/C(=C\c2ccccc2NC(C)=O)SC1=S. The van der Waals surface area contributed by atoms with Crippen LogP contribution in [0.25, 0.3) is 6.08 Å². The van der Waals surface area contributed by atoms with Crippen molar-refractivity contribution in [2.75, 3.05) is 11.9 Å². The molecule has 0 unspecified atom stereocenters. The molecule has 1 saturated heterocycles. The van der Waals surface area contributed by atoms with Crippen molar-refractivity contribution in [2.24, 2.45) is 0 Å². The van der Waals surface area contributed by atoms with E-state index in [1.54, 1.807) is 17.0 Å². The van der Waals surface area contributed by atoms with Crippen LogP contribution >= 0.6 is 24.0 Å². The molecule has 1 aromatic rings. The predicted octanol–water partition coefficient (Wildman–Crippen LogP) is 2.87. The van der Waals surface area contributed by atoms with Gasteiger partial charge in [0.2, 0.25) is 5.91 Å². The maximum atomic E-state index is 12.1. The smallest absolute Gasteiger partial charge is 0.266 e. The fourth-order valence-corrected chi connectivity index (χ4v) is 3.22. The van der Waals surface area contributed by atoms with Crippen molar-refractivity contribution in [3.05, 3.63) is 34.7 Å². The molecule has 1 aliphatic rings. The number of thioether (sulfide) groups is 1. The summed E-state index contributed by atoms with van der Waals surface area (Å²) < 4.78 is 0.570. The molecule has 104 valence electrons. The largest absolute Gasteiger partial charge is 0.326 e. The quantitative estimate of drug-likeness (QED) is 0.689. The van der Waals surface area contributed by atoms with E-state index in [0.717, 1.165) is 5.56 Å². The van der Waals surface area contributed by atoms with Gasteiger partial charge in [-0.2, -0.15) is 0 Å². The van der Waals surface area contributed by atoms with Crippen molar-refractivity contribution in [1.29, 1.82) is 0 Å². The van der Waals surface area contributed by atoms with E-state index < -0.39 is 0 Å². The van der Waals surface area contributed by atoms with Crippen LogP contribution < -0.4 is 5.32 Å². The zero-order chi connectivity index (χ0) is 14.7. The number of rotatable bonds is 3. The minimum absolute atomic E-state index is 0.0832. The van der Waals surface area contributed by atoms with Crippen molar-refractivity contribution < 1.29 is 9.59 Å². The summed E-state index contributed by atoms with van der Waals surface area (Å²) in [5, 5.41) is 2.75. The summed E-state index contributed by atoms with van der Waals surface area (Å²) in [6.45, 7) is 3.90. The monoisotopic (exact) mass is 306 g/mol. The van der Waals surface area contributed by atoms with Crippen molar-refractivity contribution in [1.82, 2.24) is 4.90 Å². The lowest BCUT2D eigenvalue weighted by Gasteiger charge is -2.10.